The molecule has 6 nitrogen and oxygen atoms in total. The van der Waals surface area contributed by atoms with Gasteiger partial charge in [-0.2, -0.15) is 5.26 Å². The summed E-state index contributed by atoms with van der Waals surface area (Å²) in [4.78, 5) is -0.414. The molecule has 124 valence electrons. The third kappa shape index (κ3) is 4.06. The second kappa shape index (κ2) is 7.53. The molecule has 2 rings (SSSR count). The molecular weight excluding hydrogens is 328 g/mol. The molecular formula is C17H16N2O4S. The van der Waals surface area contributed by atoms with Gasteiger partial charge in [-0.15, -0.1) is 0 Å². The topological polar surface area (TPSA) is 88.4 Å². The van der Waals surface area contributed by atoms with Crippen LogP contribution in [0.5, 0.6) is 11.5 Å². The average molecular weight is 344 g/mol. The van der Waals surface area contributed by atoms with Crippen LogP contribution in [0.1, 0.15) is 5.56 Å². The molecule has 2 aromatic rings. The van der Waals surface area contributed by atoms with E-state index in [1.807, 2.05) is 0 Å². The molecule has 0 radical (unpaired) electrons. The Balaban J connectivity index is 2.34. The van der Waals surface area contributed by atoms with E-state index in [2.05, 4.69) is 4.72 Å². The summed E-state index contributed by atoms with van der Waals surface area (Å²) in [5.74, 6) is 1.08. The molecule has 0 aromatic heterocycles. The van der Waals surface area contributed by atoms with Gasteiger partial charge in [0.1, 0.15) is 17.6 Å². The van der Waals surface area contributed by atoms with E-state index in [0.29, 0.717) is 22.7 Å². The summed E-state index contributed by atoms with van der Waals surface area (Å²) in [5.41, 5.74) is 0.827. The summed E-state index contributed by atoms with van der Waals surface area (Å²) in [6.45, 7) is 0. The number of nitriles is 1. The zero-order valence-electron chi connectivity index (χ0n) is 13.2. The molecule has 0 spiro atoms. The zero-order valence-corrected chi connectivity index (χ0v) is 14.0. The smallest absolute Gasteiger partial charge is 0.272 e. The minimum atomic E-state index is -4.01. The molecule has 1 N–H and O–H groups in total. The lowest BCUT2D eigenvalue weighted by Crippen LogP contribution is -2.14. The maximum atomic E-state index is 12.4. The van der Waals surface area contributed by atoms with Gasteiger partial charge >= 0.3 is 0 Å². The number of para-hydroxylation sites is 1. The van der Waals surface area contributed by atoms with Crippen LogP contribution in [0.2, 0.25) is 0 Å². The molecule has 0 aliphatic rings. The summed E-state index contributed by atoms with van der Waals surface area (Å²) in [6, 6.07) is 14.9. The maximum Gasteiger partial charge on any atom is 0.272 e. The minimum Gasteiger partial charge on any atom is -0.497 e. The van der Waals surface area contributed by atoms with Crippen molar-refractivity contribution in [1.82, 2.24) is 0 Å². The van der Waals surface area contributed by atoms with Gasteiger partial charge < -0.3 is 9.47 Å². The van der Waals surface area contributed by atoms with Gasteiger partial charge in [-0.1, -0.05) is 18.2 Å². The number of nitrogens with one attached hydrogen (secondary N) is 1. The van der Waals surface area contributed by atoms with Gasteiger partial charge in [-0.05, 0) is 36.4 Å². The number of sulfonamides is 1. The molecule has 0 saturated carbocycles. The number of hydrogen-bond acceptors (Lipinski definition) is 5. The quantitative estimate of drug-likeness (QED) is 0.814. The van der Waals surface area contributed by atoms with Crippen molar-refractivity contribution in [2.24, 2.45) is 0 Å². The second-order valence-corrected chi connectivity index (χ2v) is 6.35. The highest BCUT2D eigenvalue weighted by atomic mass is 32.2. The minimum absolute atomic E-state index is 0.331. The highest BCUT2D eigenvalue weighted by Gasteiger charge is 2.18. The molecule has 24 heavy (non-hydrogen) atoms. The molecule has 0 bridgehead atoms. The number of hydrogen-bond donors (Lipinski definition) is 1. The van der Waals surface area contributed by atoms with Crippen molar-refractivity contribution in [2.75, 3.05) is 18.9 Å². The van der Waals surface area contributed by atoms with E-state index in [4.69, 9.17) is 9.47 Å². The molecule has 0 heterocycles. The van der Waals surface area contributed by atoms with Crippen LogP contribution in [-0.4, -0.2) is 22.6 Å². The summed E-state index contributed by atoms with van der Waals surface area (Å²) in [6.07, 6.45) is 1.27. The number of nitrogens with zero attached hydrogens (tertiary/aromatic N) is 1. The number of ether oxygens (including phenoxy) is 2. The largest absolute Gasteiger partial charge is 0.497 e. The first-order chi connectivity index (χ1) is 11.5. The first-order valence-corrected chi connectivity index (χ1v) is 8.40. The van der Waals surface area contributed by atoms with Crippen molar-refractivity contribution in [3.05, 3.63) is 59.0 Å². The summed E-state index contributed by atoms with van der Waals surface area (Å²) in [5, 5.41) is 9.25. The van der Waals surface area contributed by atoms with Gasteiger partial charge in [0.05, 0.1) is 14.2 Å². The van der Waals surface area contributed by atoms with E-state index in [1.54, 1.807) is 54.6 Å². The van der Waals surface area contributed by atoms with Crippen molar-refractivity contribution >= 4 is 21.8 Å². The number of allylic oxidation sites excluding steroid dienone is 1. The number of rotatable bonds is 6. The van der Waals surface area contributed by atoms with Gasteiger partial charge in [-0.25, -0.2) is 8.42 Å². The first-order valence-electron chi connectivity index (χ1n) is 6.92. The Hall–Kier alpha value is -2.98. The summed E-state index contributed by atoms with van der Waals surface area (Å²) >= 11 is 0. The van der Waals surface area contributed by atoms with E-state index in [1.165, 1.54) is 20.3 Å². The Labute approximate surface area is 141 Å². The second-order valence-electron chi connectivity index (χ2n) is 4.70. The SMILES string of the molecule is COc1ccc(NS(=O)(=O)/C(C#N)=C\c2ccccc2OC)cc1. The highest BCUT2D eigenvalue weighted by molar-refractivity contribution is 7.96. The Morgan fingerprint density at radius 3 is 2.33 bits per heavy atom. The molecule has 0 aliphatic heterocycles. The highest BCUT2D eigenvalue weighted by Crippen LogP contribution is 2.23. The molecule has 2 aromatic carbocycles. The molecule has 0 saturated heterocycles. The third-order valence-electron chi connectivity index (χ3n) is 3.17. The molecule has 0 amide bonds. The van der Waals surface area contributed by atoms with Crippen LogP contribution in [0, 0.1) is 11.3 Å². The van der Waals surface area contributed by atoms with E-state index in [0.717, 1.165) is 0 Å². The Kier molecular flexibility index (Phi) is 5.45. The fourth-order valence-corrected chi connectivity index (χ4v) is 2.92. The van der Waals surface area contributed by atoms with Crippen LogP contribution in [0.3, 0.4) is 0 Å². The summed E-state index contributed by atoms with van der Waals surface area (Å²) < 4.78 is 37.4. The number of anilines is 1. The maximum absolute atomic E-state index is 12.4. The van der Waals surface area contributed by atoms with Crippen LogP contribution in [-0.2, 0) is 10.0 Å². The molecule has 7 heteroatoms. The lowest BCUT2D eigenvalue weighted by Gasteiger charge is -2.09. The lowest BCUT2D eigenvalue weighted by molar-refractivity contribution is 0.414. The summed E-state index contributed by atoms with van der Waals surface area (Å²) in [7, 11) is -1.02. The Morgan fingerprint density at radius 1 is 1.08 bits per heavy atom. The van der Waals surface area contributed by atoms with Crippen molar-refractivity contribution in [1.29, 1.82) is 5.26 Å². The standard InChI is InChI=1S/C17H16N2O4S/c1-22-15-9-7-14(8-10-15)19-24(20,21)16(12-18)11-13-5-3-4-6-17(13)23-2/h3-11,19H,1-2H3/b16-11-. The molecule has 0 atom stereocenters. The van der Waals surface area contributed by atoms with Gasteiger partial charge in [0.2, 0.25) is 0 Å². The van der Waals surface area contributed by atoms with Crippen molar-refractivity contribution < 1.29 is 17.9 Å². The van der Waals surface area contributed by atoms with Gasteiger partial charge in [-0.3, -0.25) is 4.72 Å². The fraction of sp³-hybridized carbons (Fsp3) is 0.118. The van der Waals surface area contributed by atoms with E-state index in [9.17, 15) is 13.7 Å². The van der Waals surface area contributed by atoms with E-state index in [-0.39, 0.29) is 0 Å². The predicted octanol–water partition coefficient (Wildman–Crippen LogP) is 3.01. The average Bonchev–Trinajstić information content (AvgIpc) is 2.60. The van der Waals surface area contributed by atoms with Crippen LogP contribution in [0.15, 0.2) is 53.4 Å². The van der Waals surface area contributed by atoms with Crippen molar-refractivity contribution in [3.63, 3.8) is 0 Å². The number of methoxy groups -OCH3 is 2. The zero-order chi connectivity index (χ0) is 17.6. The van der Waals surface area contributed by atoms with E-state index >= 15 is 0 Å². The van der Waals surface area contributed by atoms with Gasteiger partial charge in [0.15, 0.2) is 4.91 Å². The third-order valence-corrected chi connectivity index (χ3v) is 4.46. The Morgan fingerprint density at radius 2 is 1.75 bits per heavy atom. The van der Waals surface area contributed by atoms with Gasteiger partial charge in [0.25, 0.3) is 10.0 Å². The monoisotopic (exact) mass is 344 g/mol. The molecule has 0 unspecified atom stereocenters. The first kappa shape index (κ1) is 17.4. The van der Waals surface area contributed by atoms with Gasteiger partial charge in [0, 0.05) is 11.3 Å². The van der Waals surface area contributed by atoms with Crippen LogP contribution in [0.25, 0.3) is 6.08 Å². The number of benzene rings is 2. The normalized spacial score (nSPS) is 11.5. The van der Waals surface area contributed by atoms with Crippen molar-refractivity contribution in [3.8, 4) is 17.6 Å². The van der Waals surface area contributed by atoms with Crippen molar-refractivity contribution in [2.45, 2.75) is 0 Å². The predicted molar refractivity (Wildman–Crippen MR) is 92.1 cm³/mol. The molecule has 0 aliphatic carbocycles. The lowest BCUT2D eigenvalue weighted by atomic mass is 10.2. The van der Waals surface area contributed by atoms with Crippen LogP contribution in [0.4, 0.5) is 5.69 Å². The van der Waals surface area contributed by atoms with Crippen LogP contribution >= 0.6 is 0 Å². The fourth-order valence-electron chi connectivity index (χ4n) is 1.97. The van der Waals surface area contributed by atoms with Crippen LogP contribution < -0.4 is 14.2 Å². The molecule has 0 fully saturated rings. The Bertz CT molecular complexity index is 882. The van der Waals surface area contributed by atoms with E-state index < -0.39 is 14.9 Å².